The van der Waals surface area contributed by atoms with Crippen molar-refractivity contribution in [2.45, 2.75) is 6.92 Å². The van der Waals surface area contributed by atoms with Crippen molar-refractivity contribution in [3.8, 4) is 5.75 Å². The lowest BCUT2D eigenvalue weighted by molar-refractivity contribution is 0.102. The summed E-state index contributed by atoms with van der Waals surface area (Å²) in [6, 6.07) is 10.2. The molecule has 2 aromatic carbocycles. The van der Waals surface area contributed by atoms with Crippen molar-refractivity contribution in [3.05, 3.63) is 57.6 Å². The molecule has 0 saturated carbocycles. The third-order valence-corrected chi connectivity index (χ3v) is 3.42. The molecule has 5 heteroatoms. The number of rotatable bonds is 3. The lowest BCUT2D eigenvalue weighted by Crippen LogP contribution is -2.13. The summed E-state index contributed by atoms with van der Waals surface area (Å²) in [5.74, 6) is 0.437. The number of benzene rings is 2. The van der Waals surface area contributed by atoms with Gasteiger partial charge in [-0.3, -0.25) is 4.79 Å². The Morgan fingerprint density at radius 1 is 1.15 bits per heavy atom. The van der Waals surface area contributed by atoms with Gasteiger partial charge in [0.2, 0.25) is 0 Å². The topological polar surface area (TPSA) is 38.3 Å². The molecule has 2 aromatic rings. The highest BCUT2D eigenvalue weighted by Crippen LogP contribution is 2.24. The van der Waals surface area contributed by atoms with E-state index in [9.17, 15) is 4.79 Å². The van der Waals surface area contributed by atoms with Crippen LogP contribution in [0.4, 0.5) is 5.69 Å². The molecule has 1 N–H and O–H groups in total. The summed E-state index contributed by atoms with van der Waals surface area (Å²) in [5.41, 5.74) is 1.94. The van der Waals surface area contributed by atoms with E-state index in [2.05, 4.69) is 5.32 Å². The number of methoxy groups -OCH3 is 1. The second-order valence-corrected chi connectivity index (χ2v) is 5.10. The number of carbonyl (C=O) groups is 1. The van der Waals surface area contributed by atoms with Gasteiger partial charge < -0.3 is 10.1 Å². The van der Waals surface area contributed by atoms with Gasteiger partial charge in [0.1, 0.15) is 5.75 Å². The molecule has 0 aliphatic heterocycles. The number of aryl methyl sites for hydroxylation is 1. The Bertz CT molecular complexity index is 656. The Morgan fingerprint density at radius 3 is 2.55 bits per heavy atom. The fourth-order valence-electron chi connectivity index (χ4n) is 1.76. The summed E-state index contributed by atoms with van der Waals surface area (Å²) >= 11 is 11.9. The van der Waals surface area contributed by atoms with Crippen molar-refractivity contribution < 1.29 is 9.53 Å². The predicted octanol–water partition coefficient (Wildman–Crippen LogP) is 4.56. The van der Waals surface area contributed by atoms with E-state index in [1.165, 1.54) is 6.07 Å². The number of carbonyl (C=O) groups excluding carboxylic acids is 1. The quantitative estimate of drug-likeness (QED) is 0.902. The lowest BCUT2D eigenvalue weighted by atomic mass is 10.1. The van der Waals surface area contributed by atoms with E-state index in [0.29, 0.717) is 21.3 Å². The maximum Gasteiger partial charge on any atom is 0.257 e. The summed E-state index contributed by atoms with van der Waals surface area (Å²) in [6.45, 7) is 1.89. The van der Waals surface area contributed by atoms with Crippen LogP contribution in [-0.4, -0.2) is 13.0 Å². The highest BCUT2D eigenvalue weighted by molar-refractivity contribution is 6.36. The molecule has 0 saturated heterocycles. The number of anilines is 1. The zero-order chi connectivity index (χ0) is 14.7. The molecular weight excluding hydrogens is 297 g/mol. The van der Waals surface area contributed by atoms with Gasteiger partial charge in [-0.2, -0.15) is 0 Å². The molecular formula is C15H13Cl2NO2. The summed E-state index contributed by atoms with van der Waals surface area (Å²) < 4.78 is 5.12. The molecule has 0 aliphatic carbocycles. The van der Waals surface area contributed by atoms with Gasteiger partial charge in [-0.15, -0.1) is 0 Å². The van der Waals surface area contributed by atoms with Crippen molar-refractivity contribution in [3.63, 3.8) is 0 Å². The van der Waals surface area contributed by atoms with Gasteiger partial charge in [-0.05, 0) is 48.9 Å². The fourth-order valence-corrected chi connectivity index (χ4v) is 2.14. The first kappa shape index (κ1) is 14.7. The third-order valence-electron chi connectivity index (χ3n) is 2.85. The molecule has 0 aromatic heterocycles. The minimum atomic E-state index is -0.300. The summed E-state index contributed by atoms with van der Waals surface area (Å²) in [4.78, 5) is 12.2. The Morgan fingerprint density at radius 2 is 1.90 bits per heavy atom. The van der Waals surface area contributed by atoms with Crippen LogP contribution in [0.1, 0.15) is 15.9 Å². The van der Waals surface area contributed by atoms with Gasteiger partial charge in [-0.1, -0.05) is 23.2 Å². The van der Waals surface area contributed by atoms with E-state index < -0.39 is 0 Å². The molecule has 0 bridgehead atoms. The van der Waals surface area contributed by atoms with Crippen molar-refractivity contribution in [1.29, 1.82) is 0 Å². The maximum atomic E-state index is 12.2. The molecule has 1 amide bonds. The Labute approximate surface area is 127 Å². The SMILES string of the molecule is COc1ccc(NC(=O)c2cc(Cl)ccc2Cl)c(C)c1. The van der Waals surface area contributed by atoms with Gasteiger partial charge >= 0.3 is 0 Å². The normalized spacial score (nSPS) is 10.2. The first-order valence-corrected chi connectivity index (χ1v) is 6.68. The van der Waals surface area contributed by atoms with Crippen LogP contribution < -0.4 is 10.1 Å². The van der Waals surface area contributed by atoms with Crippen molar-refractivity contribution in [1.82, 2.24) is 0 Å². The van der Waals surface area contributed by atoms with Crippen molar-refractivity contribution in [2.24, 2.45) is 0 Å². The molecule has 0 fully saturated rings. The van der Waals surface area contributed by atoms with Gasteiger partial charge in [0.25, 0.3) is 5.91 Å². The van der Waals surface area contributed by atoms with Crippen LogP contribution in [-0.2, 0) is 0 Å². The molecule has 3 nitrogen and oxygen atoms in total. The van der Waals surface area contributed by atoms with Gasteiger partial charge in [0.05, 0.1) is 17.7 Å². The largest absolute Gasteiger partial charge is 0.497 e. The van der Waals surface area contributed by atoms with E-state index in [0.717, 1.165) is 11.3 Å². The van der Waals surface area contributed by atoms with Crippen LogP contribution in [0.5, 0.6) is 5.75 Å². The Hall–Kier alpha value is -1.71. The number of ether oxygens (including phenoxy) is 1. The number of hydrogen-bond acceptors (Lipinski definition) is 2. The van der Waals surface area contributed by atoms with Crippen LogP contribution in [0.25, 0.3) is 0 Å². The zero-order valence-electron chi connectivity index (χ0n) is 11.0. The standard InChI is InChI=1S/C15H13Cl2NO2/c1-9-7-11(20-2)4-6-14(9)18-15(19)12-8-10(16)3-5-13(12)17/h3-8H,1-2H3,(H,18,19). The monoisotopic (exact) mass is 309 g/mol. The molecule has 0 spiro atoms. The van der Waals surface area contributed by atoms with Crippen LogP contribution in [0.2, 0.25) is 10.0 Å². The second-order valence-electron chi connectivity index (χ2n) is 4.26. The van der Waals surface area contributed by atoms with E-state index in [-0.39, 0.29) is 5.91 Å². The van der Waals surface area contributed by atoms with Crippen molar-refractivity contribution >= 4 is 34.8 Å². The maximum absolute atomic E-state index is 12.2. The smallest absolute Gasteiger partial charge is 0.257 e. The Kier molecular flexibility index (Phi) is 4.53. The molecule has 0 heterocycles. The van der Waals surface area contributed by atoms with Crippen LogP contribution >= 0.6 is 23.2 Å². The summed E-state index contributed by atoms with van der Waals surface area (Å²) in [5, 5.41) is 3.63. The first-order chi connectivity index (χ1) is 9.51. The summed E-state index contributed by atoms with van der Waals surface area (Å²) in [7, 11) is 1.60. The predicted molar refractivity (Wildman–Crippen MR) is 82.1 cm³/mol. The molecule has 2 rings (SSSR count). The first-order valence-electron chi connectivity index (χ1n) is 5.92. The highest BCUT2D eigenvalue weighted by atomic mass is 35.5. The second kappa shape index (κ2) is 6.16. The van der Waals surface area contributed by atoms with E-state index >= 15 is 0 Å². The number of amides is 1. The fraction of sp³-hybridized carbons (Fsp3) is 0.133. The molecule has 0 unspecified atom stereocenters. The summed E-state index contributed by atoms with van der Waals surface area (Å²) in [6.07, 6.45) is 0. The number of nitrogens with one attached hydrogen (secondary N) is 1. The lowest BCUT2D eigenvalue weighted by Gasteiger charge is -2.11. The van der Waals surface area contributed by atoms with Crippen LogP contribution in [0.15, 0.2) is 36.4 Å². The number of halogens is 2. The van der Waals surface area contributed by atoms with Gasteiger partial charge in [0, 0.05) is 10.7 Å². The minimum Gasteiger partial charge on any atom is -0.497 e. The molecule has 0 radical (unpaired) electrons. The van der Waals surface area contributed by atoms with E-state index in [1.807, 2.05) is 13.0 Å². The number of hydrogen-bond donors (Lipinski definition) is 1. The average molecular weight is 310 g/mol. The molecule has 0 atom stereocenters. The van der Waals surface area contributed by atoms with Gasteiger partial charge in [0.15, 0.2) is 0 Å². The van der Waals surface area contributed by atoms with E-state index in [4.69, 9.17) is 27.9 Å². The van der Waals surface area contributed by atoms with Crippen LogP contribution in [0, 0.1) is 6.92 Å². The minimum absolute atomic E-state index is 0.300. The van der Waals surface area contributed by atoms with Gasteiger partial charge in [-0.25, -0.2) is 0 Å². The molecule has 20 heavy (non-hydrogen) atoms. The third kappa shape index (κ3) is 3.24. The average Bonchev–Trinajstić information content (AvgIpc) is 2.43. The van der Waals surface area contributed by atoms with Crippen molar-refractivity contribution in [2.75, 3.05) is 12.4 Å². The van der Waals surface area contributed by atoms with E-state index in [1.54, 1.807) is 31.4 Å². The zero-order valence-corrected chi connectivity index (χ0v) is 12.5. The Balaban J connectivity index is 2.25. The highest BCUT2D eigenvalue weighted by Gasteiger charge is 2.12. The molecule has 104 valence electrons. The van der Waals surface area contributed by atoms with Crippen LogP contribution in [0.3, 0.4) is 0 Å². The molecule has 0 aliphatic rings.